The average molecular weight is 322 g/mol. The minimum Gasteiger partial charge on any atom is -0.481 e. The number of hydrogen-bond donors (Lipinski definition) is 1. The van der Waals surface area contributed by atoms with Crippen LogP contribution in [0, 0.1) is 0 Å². The molecule has 1 N–H and O–H groups in total. The molecule has 8 nitrogen and oxygen atoms in total. The molecule has 20 heavy (non-hydrogen) atoms. The summed E-state index contributed by atoms with van der Waals surface area (Å²) in [5.41, 5.74) is 0. The van der Waals surface area contributed by atoms with Crippen LogP contribution in [0.5, 0.6) is 0 Å². The van der Waals surface area contributed by atoms with Gasteiger partial charge in [0.15, 0.2) is 14.9 Å². The molecule has 0 spiro atoms. The van der Waals surface area contributed by atoms with E-state index in [0.717, 1.165) is 28.9 Å². The van der Waals surface area contributed by atoms with Gasteiger partial charge in [-0.05, 0) is 12.1 Å². The first-order chi connectivity index (χ1) is 9.05. The fraction of sp³-hybridized carbons (Fsp3) is 0.400. The van der Waals surface area contributed by atoms with Gasteiger partial charge in [0.25, 0.3) is 0 Å². The lowest BCUT2D eigenvalue weighted by Crippen LogP contribution is -2.29. The highest BCUT2D eigenvalue weighted by atomic mass is 32.2. The Balaban J connectivity index is 3.01. The van der Waals surface area contributed by atoms with Crippen LogP contribution in [0.25, 0.3) is 0 Å². The zero-order chi connectivity index (χ0) is 15.6. The Hall–Kier alpha value is -1.52. The number of carboxylic acid groups (broad SMARTS) is 1. The van der Waals surface area contributed by atoms with Gasteiger partial charge in [0.2, 0.25) is 10.0 Å². The van der Waals surface area contributed by atoms with Crippen molar-refractivity contribution in [1.29, 1.82) is 0 Å². The first-order valence-corrected chi connectivity index (χ1v) is 8.72. The van der Waals surface area contributed by atoms with Crippen LogP contribution in [-0.4, -0.2) is 57.0 Å². The van der Waals surface area contributed by atoms with Crippen molar-refractivity contribution in [3.63, 3.8) is 0 Å². The maximum atomic E-state index is 12.0. The third kappa shape index (κ3) is 3.99. The number of pyridine rings is 1. The van der Waals surface area contributed by atoms with Gasteiger partial charge in [0, 0.05) is 26.0 Å². The average Bonchev–Trinajstić information content (AvgIpc) is 2.34. The van der Waals surface area contributed by atoms with E-state index in [4.69, 9.17) is 5.11 Å². The van der Waals surface area contributed by atoms with Crippen molar-refractivity contribution in [2.75, 3.05) is 19.8 Å². The minimum absolute atomic E-state index is 0.189. The summed E-state index contributed by atoms with van der Waals surface area (Å²) in [5, 5.41) is 8.29. The van der Waals surface area contributed by atoms with Gasteiger partial charge in [-0.25, -0.2) is 26.1 Å². The molecular weight excluding hydrogens is 308 g/mol. The Morgan fingerprint density at radius 1 is 1.30 bits per heavy atom. The summed E-state index contributed by atoms with van der Waals surface area (Å²) >= 11 is 0. The van der Waals surface area contributed by atoms with E-state index in [2.05, 4.69) is 4.98 Å². The van der Waals surface area contributed by atoms with Crippen molar-refractivity contribution >= 4 is 25.8 Å². The molecule has 0 aromatic carbocycles. The summed E-state index contributed by atoms with van der Waals surface area (Å²) in [6, 6.07) is 2.21. The minimum atomic E-state index is -3.88. The van der Waals surface area contributed by atoms with Gasteiger partial charge in [0.05, 0.1) is 6.42 Å². The molecule has 0 fully saturated rings. The monoisotopic (exact) mass is 322 g/mol. The van der Waals surface area contributed by atoms with E-state index in [1.54, 1.807) is 0 Å². The van der Waals surface area contributed by atoms with E-state index < -0.39 is 25.8 Å². The SMILES string of the molecule is CN(CCC(=O)O)S(=O)(=O)c1ccc(S(C)(=O)=O)nc1. The van der Waals surface area contributed by atoms with Crippen LogP contribution in [0.1, 0.15) is 6.42 Å². The number of hydrogen-bond acceptors (Lipinski definition) is 6. The van der Waals surface area contributed by atoms with E-state index >= 15 is 0 Å². The molecule has 1 aromatic rings. The lowest BCUT2D eigenvalue weighted by molar-refractivity contribution is -0.137. The molecule has 1 rings (SSSR count). The fourth-order valence-corrected chi connectivity index (χ4v) is 2.97. The van der Waals surface area contributed by atoms with Gasteiger partial charge in [-0.15, -0.1) is 0 Å². The maximum Gasteiger partial charge on any atom is 0.304 e. The molecule has 1 aromatic heterocycles. The highest BCUT2D eigenvalue weighted by Gasteiger charge is 2.22. The first kappa shape index (κ1) is 16.5. The third-order valence-electron chi connectivity index (χ3n) is 2.44. The predicted molar refractivity (Wildman–Crippen MR) is 69.4 cm³/mol. The highest BCUT2D eigenvalue weighted by Crippen LogP contribution is 2.15. The molecule has 0 unspecified atom stereocenters. The van der Waals surface area contributed by atoms with Gasteiger partial charge in [-0.1, -0.05) is 0 Å². The number of aromatic nitrogens is 1. The molecule has 1 heterocycles. The third-order valence-corrected chi connectivity index (χ3v) is 5.28. The van der Waals surface area contributed by atoms with Crippen LogP contribution in [0.3, 0.4) is 0 Å². The Kier molecular flexibility index (Phi) is 4.84. The Bertz CT molecular complexity index is 694. The molecule has 0 aliphatic carbocycles. The molecule has 0 atom stereocenters. The van der Waals surface area contributed by atoms with Crippen molar-refractivity contribution in [2.24, 2.45) is 0 Å². The highest BCUT2D eigenvalue weighted by molar-refractivity contribution is 7.90. The molecular formula is C10H14N2O6S2. The fourth-order valence-electron chi connectivity index (χ4n) is 1.29. The van der Waals surface area contributed by atoms with E-state index in [1.807, 2.05) is 0 Å². The van der Waals surface area contributed by atoms with Gasteiger partial charge in [-0.3, -0.25) is 4.79 Å². The van der Waals surface area contributed by atoms with Crippen LogP contribution in [-0.2, 0) is 24.7 Å². The lowest BCUT2D eigenvalue weighted by atomic mass is 10.4. The van der Waals surface area contributed by atoms with Crippen molar-refractivity contribution in [3.05, 3.63) is 18.3 Å². The van der Waals surface area contributed by atoms with Crippen molar-refractivity contribution < 1.29 is 26.7 Å². The molecule has 0 radical (unpaired) electrons. The molecule has 0 amide bonds. The Labute approximate surface area is 117 Å². The maximum absolute atomic E-state index is 12.0. The number of sulfone groups is 1. The summed E-state index contributed by atoms with van der Waals surface area (Å²) in [7, 11) is -6.15. The second-order valence-electron chi connectivity index (χ2n) is 4.07. The van der Waals surface area contributed by atoms with E-state index in [-0.39, 0.29) is 22.9 Å². The molecule has 0 aliphatic rings. The molecule has 0 aliphatic heterocycles. The predicted octanol–water partition coefficient (Wildman–Crippen LogP) is -0.420. The van der Waals surface area contributed by atoms with Crippen LogP contribution >= 0.6 is 0 Å². The van der Waals surface area contributed by atoms with E-state index in [1.165, 1.54) is 7.05 Å². The molecule has 10 heteroatoms. The van der Waals surface area contributed by atoms with Crippen LogP contribution in [0.4, 0.5) is 0 Å². The lowest BCUT2D eigenvalue weighted by Gasteiger charge is -2.15. The van der Waals surface area contributed by atoms with Gasteiger partial charge in [-0.2, -0.15) is 0 Å². The normalized spacial score (nSPS) is 12.6. The first-order valence-electron chi connectivity index (χ1n) is 5.39. The number of rotatable bonds is 6. The van der Waals surface area contributed by atoms with Crippen LogP contribution in [0.2, 0.25) is 0 Å². The topological polar surface area (TPSA) is 122 Å². The van der Waals surface area contributed by atoms with Gasteiger partial charge < -0.3 is 5.11 Å². The Morgan fingerprint density at radius 3 is 2.30 bits per heavy atom. The van der Waals surface area contributed by atoms with Crippen molar-refractivity contribution in [2.45, 2.75) is 16.3 Å². The van der Waals surface area contributed by atoms with Gasteiger partial charge >= 0.3 is 5.97 Å². The molecule has 112 valence electrons. The molecule has 0 bridgehead atoms. The zero-order valence-electron chi connectivity index (χ0n) is 10.8. The standard InChI is InChI=1S/C10H14N2O6S2/c1-12(6-5-10(13)14)20(17,18)8-3-4-9(11-7-8)19(2,15)16/h3-4,7H,5-6H2,1-2H3,(H,13,14). The number of carboxylic acids is 1. The quantitative estimate of drug-likeness (QED) is 0.754. The summed E-state index contributed by atoms with van der Waals surface area (Å²) in [6.07, 6.45) is 1.57. The molecule has 0 saturated heterocycles. The van der Waals surface area contributed by atoms with Crippen LogP contribution in [0.15, 0.2) is 28.3 Å². The number of aliphatic carboxylic acids is 1. The number of nitrogens with zero attached hydrogens (tertiary/aromatic N) is 2. The van der Waals surface area contributed by atoms with E-state index in [0.29, 0.717) is 0 Å². The summed E-state index contributed by atoms with van der Waals surface area (Å²) in [6.45, 7) is -0.189. The summed E-state index contributed by atoms with van der Waals surface area (Å²) in [5.74, 6) is -1.11. The second kappa shape index (κ2) is 5.85. The summed E-state index contributed by atoms with van der Waals surface area (Å²) < 4.78 is 47.4. The number of sulfonamides is 1. The van der Waals surface area contributed by atoms with Gasteiger partial charge in [0.1, 0.15) is 4.90 Å². The van der Waals surface area contributed by atoms with Crippen LogP contribution < -0.4 is 0 Å². The second-order valence-corrected chi connectivity index (χ2v) is 8.08. The summed E-state index contributed by atoms with van der Waals surface area (Å²) in [4.78, 5) is 13.8. The number of carbonyl (C=O) groups is 1. The Morgan fingerprint density at radius 2 is 1.90 bits per heavy atom. The smallest absolute Gasteiger partial charge is 0.304 e. The van der Waals surface area contributed by atoms with Crippen molar-refractivity contribution in [3.8, 4) is 0 Å². The van der Waals surface area contributed by atoms with Crippen molar-refractivity contribution in [1.82, 2.24) is 9.29 Å². The zero-order valence-corrected chi connectivity index (χ0v) is 12.5. The van der Waals surface area contributed by atoms with E-state index in [9.17, 15) is 21.6 Å². The largest absolute Gasteiger partial charge is 0.481 e. The molecule has 0 saturated carbocycles.